The number of nitrogen functional groups attached to an aromatic ring is 1. The van der Waals surface area contributed by atoms with E-state index in [-0.39, 0.29) is 28.5 Å². The Bertz CT molecular complexity index is 676. The molecule has 3 N–H and O–H groups in total. The molecular weight excluding hydrogens is 318 g/mol. The molecule has 0 aliphatic carbocycles. The summed E-state index contributed by atoms with van der Waals surface area (Å²) < 4.78 is 5.90. The summed E-state index contributed by atoms with van der Waals surface area (Å²) >= 11 is 6.00. The van der Waals surface area contributed by atoms with Gasteiger partial charge in [0.15, 0.2) is 5.82 Å². The van der Waals surface area contributed by atoms with E-state index in [1.54, 1.807) is 17.3 Å². The minimum atomic E-state index is -0.200. The number of likely N-dealkylation sites (tertiary alicyclic amines) is 1. The van der Waals surface area contributed by atoms with Crippen LogP contribution in [0.25, 0.3) is 0 Å². The minimum absolute atomic E-state index is 0.00745. The van der Waals surface area contributed by atoms with Crippen molar-refractivity contribution in [2.75, 3.05) is 18.8 Å². The molecule has 3 heterocycles. The number of H-pyrrole nitrogens is 1. The number of amides is 1. The fourth-order valence-corrected chi connectivity index (χ4v) is 2.76. The highest BCUT2D eigenvalue weighted by molar-refractivity contribution is 6.35. The Balaban J connectivity index is 1.59. The number of nitrogens with zero attached hydrogens (tertiary/aromatic N) is 3. The Labute approximate surface area is 138 Å². The first-order valence-corrected chi connectivity index (χ1v) is 7.82. The number of hydrogen-bond donors (Lipinski definition) is 2. The van der Waals surface area contributed by atoms with Crippen LogP contribution in [0.3, 0.4) is 0 Å². The van der Waals surface area contributed by atoms with E-state index in [1.807, 2.05) is 12.1 Å². The number of carbonyl (C=O) groups excluding carboxylic acids is 1. The summed E-state index contributed by atoms with van der Waals surface area (Å²) in [5.41, 5.74) is 6.82. The van der Waals surface area contributed by atoms with Crippen LogP contribution in [0, 0.1) is 0 Å². The largest absolute Gasteiger partial charge is 0.381 e. The second-order valence-electron chi connectivity index (χ2n) is 5.49. The number of hydrogen-bond acceptors (Lipinski definition) is 5. The van der Waals surface area contributed by atoms with Gasteiger partial charge in [-0.25, -0.2) is 0 Å². The number of carbonyl (C=O) groups is 1. The molecule has 3 rings (SSSR count). The quantitative estimate of drug-likeness (QED) is 0.888. The van der Waals surface area contributed by atoms with Crippen LogP contribution in [-0.2, 0) is 11.3 Å². The maximum absolute atomic E-state index is 12.5. The Hall–Kier alpha value is -2.12. The first-order chi connectivity index (χ1) is 11.1. The van der Waals surface area contributed by atoms with E-state index in [9.17, 15) is 4.79 Å². The second-order valence-corrected chi connectivity index (χ2v) is 5.86. The average Bonchev–Trinajstić information content (AvgIpc) is 2.93. The van der Waals surface area contributed by atoms with Crippen molar-refractivity contribution in [2.24, 2.45) is 0 Å². The van der Waals surface area contributed by atoms with E-state index < -0.39 is 0 Å². The number of anilines is 1. The van der Waals surface area contributed by atoms with Crippen LogP contribution >= 0.6 is 11.6 Å². The number of aromatic amines is 1. The molecule has 8 heteroatoms. The van der Waals surface area contributed by atoms with Gasteiger partial charge in [0.25, 0.3) is 5.91 Å². The summed E-state index contributed by atoms with van der Waals surface area (Å²) in [5, 5.41) is 6.53. The summed E-state index contributed by atoms with van der Waals surface area (Å²) in [7, 11) is 0. The van der Waals surface area contributed by atoms with Gasteiger partial charge in [-0.15, -0.1) is 0 Å². The first-order valence-electron chi connectivity index (χ1n) is 7.44. The molecule has 2 aromatic heterocycles. The topological polar surface area (TPSA) is 97.1 Å². The lowest BCUT2D eigenvalue weighted by molar-refractivity contribution is -0.00697. The van der Waals surface area contributed by atoms with Gasteiger partial charge in [0.1, 0.15) is 10.7 Å². The van der Waals surface area contributed by atoms with Crippen molar-refractivity contribution in [3.05, 3.63) is 40.8 Å². The zero-order chi connectivity index (χ0) is 16.2. The van der Waals surface area contributed by atoms with Crippen molar-refractivity contribution in [2.45, 2.75) is 25.6 Å². The molecule has 1 aliphatic rings. The summed E-state index contributed by atoms with van der Waals surface area (Å²) in [4.78, 5) is 18.3. The molecular formula is C15H18ClN5O2. The first kappa shape index (κ1) is 15.8. The number of piperidine rings is 1. The Morgan fingerprint density at radius 3 is 3.13 bits per heavy atom. The SMILES string of the molecule is Nc1n[nH]c(C(=O)N2CCC[C@@H](OCc3cccnc3)C2)c1Cl. The van der Waals surface area contributed by atoms with E-state index in [2.05, 4.69) is 15.2 Å². The van der Waals surface area contributed by atoms with Gasteiger partial charge in [0, 0.05) is 25.5 Å². The molecule has 1 fully saturated rings. The second kappa shape index (κ2) is 6.97. The molecule has 0 unspecified atom stereocenters. The molecule has 1 saturated heterocycles. The van der Waals surface area contributed by atoms with Crippen molar-refractivity contribution in [3.63, 3.8) is 0 Å². The number of nitrogens with one attached hydrogen (secondary N) is 1. The number of ether oxygens (including phenoxy) is 1. The summed E-state index contributed by atoms with van der Waals surface area (Å²) in [5.74, 6) is -0.0646. The number of rotatable bonds is 4. The molecule has 1 atom stereocenters. The van der Waals surface area contributed by atoms with Gasteiger partial charge >= 0.3 is 0 Å². The molecule has 0 radical (unpaired) electrons. The van der Waals surface area contributed by atoms with Gasteiger partial charge in [0.2, 0.25) is 0 Å². The van der Waals surface area contributed by atoms with Crippen molar-refractivity contribution in [1.82, 2.24) is 20.1 Å². The number of pyridine rings is 1. The van der Waals surface area contributed by atoms with Crippen LogP contribution in [0.2, 0.25) is 5.02 Å². The standard InChI is InChI=1S/C15H18ClN5O2/c16-12-13(19-20-14(12)17)15(22)21-6-2-4-11(8-21)23-9-10-3-1-5-18-7-10/h1,3,5,7,11H,2,4,6,8-9H2,(H3,17,19,20)/t11-/m1/s1. The molecule has 0 aromatic carbocycles. The molecule has 0 spiro atoms. The zero-order valence-corrected chi connectivity index (χ0v) is 13.3. The lowest BCUT2D eigenvalue weighted by atomic mass is 10.1. The molecule has 1 aliphatic heterocycles. The molecule has 0 bridgehead atoms. The van der Waals surface area contributed by atoms with Gasteiger partial charge in [0.05, 0.1) is 12.7 Å². The molecule has 122 valence electrons. The molecule has 7 nitrogen and oxygen atoms in total. The number of nitrogens with two attached hydrogens (primary N) is 1. The van der Waals surface area contributed by atoms with Gasteiger partial charge < -0.3 is 15.4 Å². The summed E-state index contributed by atoms with van der Waals surface area (Å²) in [6.07, 6.45) is 5.29. The predicted octanol–water partition coefficient (Wildman–Crippen LogP) is 1.86. The van der Waals surface area contributed by atoms with Crippen molar-refractivity contribution in [3.8, 4) is 0 Å². The van der Waals surface area contributed by atoms with Crippen molar-refractivity contribution in [1.29, 1.82) is 0 Å². The lowest BCUT2D eigenvalue weighted by Crippen LogP contribution is -2.43. The minimum Gasteiger partial charge on any atom is -0.381 e. The number of halogens is 1. The molecule has 2 aromatic rings. The van der Waals surface area contributed by atoms with Crippen molar-refractivity contribution < 1.29 is 9.53 Å². The Morgan fingerprint density at radius 2 is 2.43 bits per heavy atom. The molecule has 0 saturated carbocycles. The van der Waals surface area contributed by atoms with Gasteiger partial charge in [-0.3, -0.25) is 14.9 Å². The Morgan fingerprint density at radius 1 is 1.57 bits per heavy atom. The average molecular weight is 336 g/mol. The molecule has 23 heavy (non-hydrogen) atoms. The van der Waals surface area contributed by atoms with Crippen LogP contribution in [0.5, 0.6) is 0 Å². The summed E-state index contributed by atoms with van der Waals surface area (Å²) in [6.45, 7) is 1.67. The zero-order valence-electron chi connectivity index (χ0n) is 12.5. The van der Waals surface area contributed by atoms with Crippen LogP contribution in [-0.4, -0.2) is 45.2 Å². The highest BCUT2D eigenvalue weighted by Gasteiger charge is 2.28. The maximum Gasteiger partial charge on any atom is 0.273 e. The fourth-order valence-electron chi connectivity index (χ4n) is 2.60. The Kier molecular flexibility index (Phi) is 4.78. The normalized spacial score (nSPS) is 18.1. The van der Waals surface area contributed by atoms with E-state index in [0.717, 1.165) is 18.4 Å². The third kappa shape index (κ3) is 3.62. The monoisotopic (exact) mass is 335 g/mol. The van der Waals surface area contributed by atoms with E-state index in [1.165, 1.54) is 0 Å². The van der Waals surface area contributed by atoms with E-state index in [4.69, 9.17) is 22.1 Å². The lowest BCUT2D eigenvalue weighted by Gasteiger charge is -2.32. The smallest absolute Gasteiger partial charge is 0.273 e. The summed E-state index contributed by atoms with van der Waals surface area (Å²) in [6, 6.07) is 3.84. The van der Waals surface area contributed by atoms with Crippen LogP contribution in [0.15, 0.2) is 24.5 Å². The van der Waals surface area contributed by atoms with Crippen LogP contribution in [0.1, 0.15) is 28.9 Å². The fraction of sp³-hybridized carbons (Fsp3) is 0.400. The van der Waals surface area contributed by atoms with Gasteiger partial charge in [-0.2, -0.15) is 5.10 Å². The van der Waals surface area contributed by atoms with E-state index in [0.29, 0.717) is 19.7 Å². The van der Waals surface area contributed by atoms with Gasteiger partial charge in [-0.1, -0.05) is 17.7 Å². The highest BCUT2D eigenvalue weighted by Crippen LogP contribution is 2.23. The highest BCUT2D eigenvalue weighted by atomic mass is 35.5. The third-order valence-electron chi connectivity index (χ3n) is 3.82. The van der Waals surface area contributed by atoms with Crippen LogP contribution in [0.4, 0.5) is 5.82 Å². The van der Waals surface area contributed by atoms with Crippen molar-refractivity contribution >= 4 is 23.3 Å². The number of aromatic nitrogens is 3. The third-order valence-corrected chi connectivity index (χ3v) is 4.20. The van der Waals surface area contributed by atoms with E-state index >= 15 is 0 Å². The van der Waals surface area contributed by atoms with Crippen LogP contribution < -0.4 is 5.73 Å². The maximum atomic E-state index is 12.5. The molecule has 1 amide bonds. The predicted molar refractivity (Wildman–Crippen MR) is 86.0 cm³/mol. The van der Waals surface area contributed by atoms with Gasteiger partial charge in [-0.05, 0) is 24.5 Å².